The lowest BCUT2D eigenvalue weighted by atomic mass is 10.3. The number of carbonyl (C=O) groups excluding carboxylic acids is 1. The van der Waals surface area contributed by atoms with Crippen molar-refractivity contribution in [3.8, 4) is 0 Å². The van der Waals surface area contributed by atoms with Crippen LogP contribution < -0.4 is 0 Å². The van der Waals surface area contributed by atoms with E-state index in [0.29, 0.717) is 13.0 Å². The molecule has 0 saturated heterocycles. The molecule has 0 aliphatic heterocycles. The second-order valence-corrected chi connectivity index (χ2v) is 2.04. The third-order valence-electron chi connectivity index (χ3n) is 1.13. The summed E-state index contributed by atoms with van der Waals surface area (Å²) in [6, 6.07) is 0. The highest BCUT2D eigenvalue weighted by Crippen LogP contribution is 1.90. The van der Waals surface area contributed by atoms with Crippen molar-refractivity contribution >= 4 is 11.7 Å². The molecule has 0 unspecified atom stereocenters. The van der Waals surface area contributed by atoms with Crippen LogP contribution in [-0.2, 0) is 9.53 Å². The third kappa shape index (κ3) is 3.60. The number of nitrogens with zero attached hydrogens (tertiary/aromatic N) is 1. The van der Waals surface area contributed by atoms with Crippen LogP contribution in [0.25, 0.3) is 0 Å². The van der Waals surface area contributed by atoms with E-state index in [2.05, 4.69) is 5.16 Å². The lowest BCUT2D eigenvalue weighted by Gasteiger charge is -2.01. The van der Waals surface area contributed by atoms with Crippen molar-refractivity contribution in [2.45, 2.75) is 26.7 Å². The van der Waals surface area contributed by atoms with Gasteiger partial charge in [0.2, 0.25) is 0 Å². The molecule has 0 rings (SSSR count). The van der Waals surface area contributed by atoms with E-state index >= 15 is 0 Å². The van der Waals surface area contributed by atoms with Crippen LogP contribution in [0, 0.1) is 0 Å². The van der Waals surface area contributed by atoms with Gasteiger partial charge in [0.1, 0.15) is 0 Å². The molecule has 0 heterocycles. The predicted molar refractivity (Wildman–Crippen MR) is 40.8 cm³/mol. The van der Waals surface area contributed by atoms with Crippen LogP contribution in [0.2, 0.25) is 0 Å². The van der Waals surface area contributed by atoms with Crippen molar-refractivity contribution in [1.82, 2.24) is 0 Å². The fourth-order valence-corrected chi connectivity index (χ4v) is 0.534. The molecule has 0 fully saturated rings. The zero-order valence-corrected chi connectivity index (χ0v) is 6.83. The smallest absolute Gasteiger partial charge is 0.356 e. The SMILES string of the molecule is CCCOC(=O)C(CC)=NO. The molecule has 64 valence electrons. The van der Waals surface area contributed by atoms with Gasteiger partial charge in [0, 0.05) is 0 Å². The van der Waals surface area contributed by atoms with Crippen molar-refractivity contribution in [2.24, 2.45) is 5.16 Å². The Hall–Kier alpha value is -1.06. The molecular formula is C7H13NO3. The van der Waals surface area contributed by atoms with Crippen molar-refractivity contribution < 1.29 is 14.7 Å². The van der Waals surface area contributed by atoms with Gasteiger partial charge in [-0.1, -0.05) is 19.0 Å². The van der Waals surface area contributed by atoms with Crippen LogP contribution in [0.1, 0.15) is 26.7 Å². The van der Waals surface area contributed by atoms with Gasteiger partial charge in [-0.05, 0) is 12.8 Å². The van der Waals surface area contributed by atoms with Gasteiger partial charge >= 0.3 is 5.97 Å². The minimum absolute atomic E-state index is 0.0680. The normalized spacial score (nSPS) is 11.3. The average molecular weight is 159 g/mol. The predicted octanol–water partition coefficient (Wildman–Crippen LogP) is 1.18. The summed E-state index contributed by atoms with van der Waals surface area (Å²) in [5, 5.41) is 11.1. The largest absolute Gasteiger partial charge is 0.461 e. The number of ether oxygens (including phenoxy) is 1. The van der Waals surface area contributed by atoms with Crippen LogP contribution in [0.5, 0.6) is 0 Å². The standard InChI is InChI=1S/C7H13NO3/c1-3-5-11-7(9)6(4-2)8-10/h10H,3-5H2,1-2H3. The Morgan fingerprint density at radius 3 is 2.55 bits per heavy atom. The molecule has 0 aromatic carbocycles. The first-order valence-electron chi connectivity index (χ1n) is 3.64. The summed E-state index contributed by atoms with van der Waals surface area (Å²) in [5.41, 5.74) is 0.0680. The van der Waals surface area contributed by atoms with Crippen LogP contribution >= 0.6 is 0 Å². The van der Waals surface area contributed by atoms with E-state index in [-0.39, 0.29) is 5.71 Å². The maximum Gasteiger partial charge on any atom is 0.356 e. The van der Waals surface area contributed by atoms with Crippen molar-refractivity contribution in [1.29, 1.82) is 0 Å². The van der Waals surface area contributed by atoms with Crippen LogP contribution in [0.4, 0.5) is 0 Å². The molecule has 0 aromatic rings. The lowest BCUT2D eigenvalue weighted by Crippen LogP contribution is -2.17. The minimum atomic E-state index is -0.531. The van der Waals surface area contributed by atoms with E-state index in [1.807, 2.05) is 6.92 Å². The first kappa shape index (κ1) is 9.94. The maximum atomic E-state index is 10.9. The van der Waals surface area contributed by atoms with E-state index in [9.17, 15) is 4.79 Å². The first-order valence-corrected chi connectivity index (χ1v) is 3.64. The minimum Gasteiger partial charge on any atom is -0.461 e. The Balaban J connectivity index is 3.81. The van der Waals surface area contributed by atoms with Crippen LogP contribution in [0.15, 0.2) is 5.16 Å². The Kier molecular flexibility index (Phi) is 5.15. The summed E-state index contributed by atoms with van der Waals surface area (Å²) in [5.74, 6) is -0.531. The van der Waals surface area contributed by atoms with Crippen LogP contribution in [-0.4, -0.2) is 23.5 Å². The molecule has 0 aliphatic carbocycles. The van der Waals surface area contributed by atoms with Gasteiger partial charge in [-0.2, -0.15) is 0 Å². The van der Waals surface area contributed by atoms with Gasteiger partial charge in [0.25, 0.3) is 0 Å². The zero-order chi connectivity index (χ0) is 8.69. The summed E-state index contributed by atoms with van der Waals surface area (Å²) in [6.45, 7) is 4.00. The third-order valence-corrected chi connectivity index (χ3v) is 1.13. The molecule has 4 nitrogen and oxygen atoms in total. The van der Waals surface area contributed by atoms with Crippen molar-refractivity contribution in [3.05, 3.63) is 0 Å². The molecule has 4 heteroatoms. The van der Waals surface area contributed by atoms with Crippen LogP contribution in [0.3, 0.4) is 0 Å². The van der Waals surface area contributed by atoms with Crippen molar-refractivity contribution in [3.63, 3.8) is 0 Å². The van der Waals surface area contributed by atoms with E-state index in [0.717, 1.165) is 6.42 Å². The second kappa shape index (κ2) is 5.70. The summed E-state index contributed by atoms with van der Waals surface area (Å²) in [4.78, 5) is 10.9. The lowest BCUT2D eigenvalue weighted by molar-refractivity contribution is -0.135. The highest BCUT2D eigenvalue weighted by molar-refractivity contribution is 6.36. The molecule has 0 aliphatic rings. The highest BCUT2D eigenvalue weighted by Gasteiger charge is 2.09. The molecule has 11 heavy (non-hydrogen) atoms. The van der Waals surface area contributed by atoms with Gasteiger partial charge in [0.15, 0.2) is 5.71 Å². The van der Waals surface area contributed by atoms with E-state index in [4.69, 9.17) is 9.94 Å². The molecule has 0 saturated carbocycles. The number of hydrogen-bond donors (Lipinski definition) is 1. The quantitative estimate of drug-likeness (QED) is 0.290. The van der Waals surface area contributed by atoms with E-state index < -0.39 is 5.97 Å². The van der Waals surface area contributed by atoms with Gasteiger partial charge in [-0.15, -0.1) is 0 Å². The number of rotatable bonds is 4. The molecule has 0 aromatic heterocycles. The topological polar surface area (TPSA) is 58.9 Å². The van der Waals surface area contributed by atoms with Gasteiger partial charge in [-0.3, -0.25) is 0 Å². The Morgan fingerprint density at radius 2 is 2.18 bits per heavy atom. The summed E-state index contributed by atoms with van der Waals surface area (Å²) in [7, 11) is 0. The number of oxime groups is 1. The molecule has 0 amide bonds. The van der Waals surface area contributed by atoms with E-state index in [1.54, 1.807) is 6.92 Å². The summed E-state index contributed by atoms with van der Waals surface area (Å²) >= 11 is 0. The Labute approximate surface area is 65.8 Å². The fraction of sp³-hybridized carbons (Fsp3) is 0.714. The number of esters is 1. The molecule has 1 N–H and O–H groups in total. The fourth-order valence-electron chi connectivity index (χ4n) is 0.534. The Morgan fingerprint density at radius 1 is 1.55 bits per heavy atom. The van der Waals surface area contributed by atoms with Crippen molar-refractivity contribution in [2.75, 3.05) is 6.61 Å². The molecule has 0 spiro atoms. The molecule has 0 radical (unpaired) electrons. The average Bonchev–Trinajstić information content (AvgIpc) is 2.03. The van der Waals surface area contributed by atoms with Gasteiger partial charge in [0.05, 0.1) is 6.61 Å². The summed E-state index contributed by atoms with van der Waals surface area (Å²) in [6.07, 6.45) is 1.16. The van der Waals surface area contributed by atoms with E-state index in [1.165, 1.54) is 0 Å². The summed E-state index contributed by atoms with van der Waals surface area (Å²) < 4.78 is 4.71. The maximum absolute atomic E-state index is 10.9. The number of carbonyl (C=O) groups is 1. The zero-order valence-electron chi connectivity index (χ0n) is 6.83. The van der Waals surface area contributed by atoms with Gasteiger partial charge < -0.3 is 9.94 Å². The first-order chi connectivity index (χ1) is 5.26. The second-order valence-electron chi connectivity index (χ2n) is 2.04. The van der Waals surface area contributed by atoms with Gasteiger partial charge in [-0.25, -0.2) is 4.79 Å². The molecule has 0 bridgehead atoms. The number of hydrogen-bond acceptors (Lipinski definition) is 4. The Bertz CT molecular complexity index is 154. The molecular weight excluding hydrogens is 146 g/mol. The molecule has 0 atom stereocenters. The highest BCUT2D eigenvalue weighted by atomic mass is 16.5. The monoisotopic (exact) mass is 159 g/mol.